The Morgan fingerprint density at radius 2 is 1.84 bits per heavy atom. The number of nitrogens with zero attached hydrogens (tertiary/aromatic N) is 1. The van der Waals surface area contributed by atoms with Gasteiger partial charge < -0.3 is 16.0 Å². The number of benzene rings is 1. The second-order valence-corrected chi connectivity index (χ2v) is 7.30. The van der Waals surface area contributed by atoms with Crippen LogP contribution < -0.4 is 11.1 Å². The third-order valence-corrected chi connectivity index (χ3v) is 4.48. The van der Waals surface area contributed by atoms with Crippen molar-refractivity contribution >= 4 is 35.0 Å². The molecule has 0 aromatic heterocycles. The number of hydrogen-bond donors (Lipinski definition) is 2. The van der Waals surface area contributed by atoms with Gasteiger partial charge >= 0.3 is 0 Å². The highest BCUT2D eigenvalue weighted by Gasteiger charge is 2.27. The molecule has 3 amide bonds. The molecule has 25 heavy (non-hydrogen) atoms. The average Bonchev–Trinajstić information content (AvgIpc) is 2.53. The van der Waals surface area contributed by atoms with Crippen LogP contribution in [0.5, 0.6) is 0 Å². The number of likely N-dealkylation sites (tertiary alicyclic amines) is 1. The fraction of sp³-hybridized carbons (Fsp3) is 0.500. The molecule has 7 heteroatoms. The smallest absolute Gasteiger partial charge is 0.256 e. The lowest BCUT2D eigenvalue weighted by molar-refractivity contribution is -0.122. The first-order valence-electron chi connectivity index (χ1n) is 8.43. The van der Waals surface area contributed by atoms with Crippen LogP contribution >= 0.6 is 11.6 Å². The van der Waals surface area contributed by atoms with Crippen molar-refractivity contribution in [1.29, 1.82) is 0 Å². The maximum Gasteiger partial charge on any atom is 0.256 e. The highest BCUT2D eigenvalue weighted by atomic mass is 35.5. The van der Waals surface area contributed by atoms with Crippen molar-refractivity contribution in [3.63, 3.8) is 0 Å². The van der Waals surface area contributed by atoms with Crippen LogP contribution in [0.15, 0.2) is 18.2 Å². The van der Waals surface area contributed by atoms with E-state index in [0.29, 0.717) is 41.2 Å². The highest BCUT2D eigenvalue weighted by molar-refractivity contribution is 6.31. The molecule has 1 aromatic rings. The third-order valence-electron chi connectivity index (χ3n) is 4.24. The maximum absolute atomic E-state index is 13.0. The number of nitrogens with one attached hydrogen (secondary N) is 1. The zero-order valence-electron chi connectivity index (χ0n) is 14.5. The Bertz CT molecular complexity index is 668. The van der Waals surface area contributed by atoms with Crippen molar-refractivity contribution < 1.29 is 14.4 Å². The maximum atomic E-state index is 13.0. The second kappa shape index (κ2) is 8.34. The van der Waals surface area contributed by atoms with Gasteiger partial charge in [0.1, 0.15) is 0 Å². The van der Waals surface area contributed by atoms with E-state index in [1.807, 2.05) is 4.90 Å². The number of carbonyl (C=O) groups excluding carboxylic acids is 3. The molecule has 0 radical (unpaired) electrons. The van der Waals surface area contributed by atoms with Crippen LogP contribution in [0.3, 0.4) is 0 Å². The molecule has 1 heterocycles. The molecule has 6 nitrogen and oxygen atoms in total. The van der Waals surface area contributed by atoms with Gasteiger partial charge in [-0.3, -0.25) is 14.4 Å². The van der Waals surface area contributed by atoms with Gasteiger partial charge in [0, 0.05) is 31.0 Å². The van der Waals surface area contributed by atoms with E-state index in [9.17, 15) is 14.4 Å². The number of halogens is 1. The van der Waals surface area contributed by atoms with Crippen LogP contribution in [0.25, 0.3) is 0 Å². The van der Waals surface area contributed by atoms with Gasteiger partial charge in [0.05, 0.1) is 11.3 Å². The molecule has 2 rings (SSSR count). The van der Waals surface area contributed by atoms with Crippen molar-refractivity contribution in [3.05, 3.63) is 28.8 Å². The Hall–Kier alpha value is -2.08. The highest BCUT2D eigenvalue weighted by Crippen LogP contribution is 2.27. The number of piperidine rings is 1. The van der Waals surface area contributed by atoms with E-state index >= 15 is 0 Å². The van der Waals surface area contributed by atoms with Gasteiger partial charge in [-0.2, -0.15) is 0 Å². The van der Waals surface area contributed by atoms with E-state index in [0.717, 1.165) is 6.42 Å². The first kappa shape index (κ1) is 19.2. The minimum atomic E-state index is -0.543. The summed E-state index contributed by atoms with van der Waals surface area (Å²) in [6.45, 7) is 5.62. The fourth-order valence-electron chi connectivity index (χ4n) is 3.25. The predicted molar refractivity (Wildman–Crippen MR) is 97.4 cm³/mol. The van der Waals surface area contributed by atoms with E-state index < -0.39 is 5.91 Å². The minimum absolute atomic E-state index is 0.0244. The average molecular weight is 366 g/mol. The molecule has 0 aliphatic carbocycles. The lowest BCUT2D eigenvalue weighted by Gasteiger charge is -2.35. The molecule has 0 saturated carbocycles. The van der Waals surface area contributed by atoms with Crippen molar-refractivity contribution in [2.45, 2.75) is 33.1 Å². The van der Waals surface area contributed by atoms with Gasteiger partial charge in [0.15, 0.2) is 0 Å². The normalized spacial score (nSPS) is 20.2. The summed E-state index contributed by atoms with van der Waals surface area (Å²) in [5, 5.41) is 3.11. The van der Waals surface area contributed by atoms with Crippen LogP contribution in [0.1, 0.15) is 43.5 Å². The summed E-state index contributed by atoms with van der Waals surface area (Å²) >= 11 is 6.05. The zero-order chi connectivity index (χ0) is 18.6. The molecular weight excluding hydrogens is 342 g/mol. The van der Waals surface area contributed by atoms with Gasteiger partial charge in [-0.15, -0.1) is 0 Å². The van der Waals surface area contributed by atoms with E-state index in [-0.39, 0.29) is 24.7 Å². The van der Waals surface area contributed by atoms with Crippen molar-refractivity contribution in [2.24, 2.45) is 17.6 Å². The monoisotopic (exact) mass is 365 g/mol. The Balaban J connectivity index is 2.18. The molecule has 1 aromatic carbocycles. The topological polar surface area (TPSA) is 92.5 Å². The number of hydrogen-bond acceptors (Lipinski definition) is 3. The molecule has 2 atom stereocenters. The lowest BCUT2D eigenvalue weighted by Crippen LogP contribution is -2.42. The molecule has 1 aliphatic heterocycles. The van der Waals surface area contributed by atoms with Crippen LogP contribution in [-0.2, 0) is 9.59 Å². The molecule has 1 fully saturated rings. The van der Waals surface area contributed by atoms with Crippen LogP contribution in [0.2, 0.25) is 5.02 Å². The number of rotatable bonds is 5. The lowest BCUT2D eigenvalue weighted by atomic mass is 9.91. The Morgan fingerprint density at radius 1 is 1.20 bits per heavy atom. The molecule has 0 spiro atoms. The van der Waals surface area contributed by atoms with E-state index in [1.54, 1.807) is 18.2 Å². The summed E-state index contributed by atoms with van der Waals surface area (Å²) in [7, 11) is 0. The summed E-state index contributed by atoms with van der Waals surface area (Å²) in [6, 6.07) is 4.79. The Morgan fingerprint density at radius 3 is 2.44 bits per heavy atom. The number of amides is 3. The quantitative estimate of drug-likeness (QED) is 0.840. The van der Waals surface area contributed by atoms with Crippen LogP contribution in [0, 0.1) is 11.8 Å². The molecule has 3 N–H and O–H groups in total. The van der Waals surface area contributed by atoms with Gasteiger partial charge in [-0.1, -0.05) is 25.4 Å². The van der Waals surface area contributed by atoms with Gasteiger partial charge in [-0.05, 0) is 36.5 Å². The van der Waals surface area contributed by atoms with Gasteiger partial charge in [-0.25, -0.2) is 0 Å². The standard InChI is InChI=1S/C18H24ClN3O3/c1-11-7-12(2)10-22(9-11)18(25)14-8-13(19)3-4-15(14)21-17(24)6-5-16(20)23/h3-4,8,11-12H,5-7,9-10H2,1-2H3,(H2,20,23)(H,21,24)/t11-,12+. The second-order valence-electron chi connectivity index (χ2n) is 6.86. The zero-order valence-corrected chi connectivity index (χ0v) is 15.3. The van der Waals surface area contributed by atoms with E-state index in [2.05, 4.69) is 19.2 Å². The summed E-state index contributed by atoms with van der Waals surface area (Å²) < 4.78 is 0. The van der Waals surface area contributed by atoms with Gasteiger partial charge in [0.2, 0.25) is 11.8 Å². The van der Waals surface area contributed by atoms with Crippen molar-refractivity contribution in [1.82, 2.24) is 4.90 Å². The van der Waals surface area contributed by atoms with E-state index in [4.69, 9.17) is 17.3 Å². The first-order chi connectivity index (χ1) is 11.8. The van der Waals surface area contributed by atoms with Gasteiger partial charge in [0.25, 0.3) is 5.91 Å². The number of anilines is 1. The van der Waals surface area contributed by atoms with Crippen molar-refractivity contribution in [3.8, 4) is 0 Å². The van der Waals surface area contributed by atoms with Crippen molar-refractivity contribution in [2.75, 3.05) is 18.4 Å². The van der Waals surface area contributed by atoms with Crippen LogP contribution in [0.4, 0.5) is 5.69 Å². The van der Waals surface area contributed by atoms with Crippen LogP contribution in [-0.4, -0.2) is 35.7 Å². The Labute approximate surface area is 152 Å². The number of carbonyl (C=O) groups is 3. The summed E-state index contributed by atoms with van der Waals surface area (Å²) in [6.07, 6.45) is 1.03. The van der Waals surface area contributed by atoms with E-state index in [1.165, 1.54) is 0 Å². The first-order valence-corrected chi connectivity index (χ1v) is 8.81. The fourth-order valence-corrected chi connectivity index (χ4v) is 3.42. The predicted octanol–water partition coefficient (Wildman–Crippen LogP) is 2.66. The summed E-state index contributed by atoms with van der Waals surface area (Å²) in [5.41, 5.74) is 5.82. The third kappa shape index (κ3) is 5.46. The molecule has 1 saturated heterocycles. The minimum Gasteiger partial charge on any atom is -0.370 e. The summed E-state index contributed by atoms with van der Waals surface area (Å²) in [4.78, 5) is 37.6. The molecule has 0 bridgehead atoms. The molecule has 136 valence electrons. The molecule has 1 aliphatic rings. The largest absolute Gasteiger partial charge is 0.370 e. The Kier molecular flexibility index (Phi) is 6.42. The summed E-state index contributed by atoms with van der Waals surface area (Å²) in [5.74, 6) is -0.193. The number of nitrogens with two attached hydrogens (primary N) is 1. The molecular formula is C18H24ClN3O3. The number of primary amides is 1. The molecule has 0 unspecified atom stereocenters. The SMILES string of the molecule is C[C@@H]1C[C@H](C)CN(C(=O)c2cc(Cl)ccc2NC(=O)CCC(N)=O)C1.